The third kappa shape index (κ3) is 6.75. The summed E-state index contributed by atoms with van der Waals surface area (Å²) >= 11 is 0. The van der Waals surface area contributed by atoms with Crippen molar-refractivity contribution in [2.75, 3.05) is 0 Å². The Morgan fingerprint density at radius 2 is 0.744 bits per heavy atom. The van der Waals surface area contributed by atoms with Crippen molar-refractivity contribution in [3.05, 3.63) is 87.0 Å². The van der Waals surface area contributed by atoms with Gasteiger partial charge in [0.1, 0.15) is 0 Å². The molecule has 0 unspecified atom stereocenters. The molecule has 0 N–H and O–H groups in total. The van der Waals surface area contributed by atoms with Crippen LogP contribution in [0.1, 0.15) is 0 Å². The molecule has 0 aromatic carbocycles. The minimum absolute atomic E-state index is 0. The molecule has 0 radical (unpaired) electrons. The Labute approximate surface area is 240 Å². The van der Waals surface area contributed by atoms with Gasteiger partial charge in [0, 0.05) is 136 Å². The number of hydrogen-bond donors (Lipinski definition) is 0. The van der Waals surface area contributed by atoms with E-state index in [1.807, 2.05) is 106 Å². The number of aryl methyl sites for hydroxylation is 5. The SMILES string of the molecule is C=CCn1ccnc1-c1nccn1C.Cn1ccnc1-c1nccn1C.Cn1ccnc1-c1nccn1C.[Os]. The van der Waals surface area contributed by atoms with E-state index >= 15 is 0 Å². The van der Waals surface area contributed by atoms with E-state index < -0.39 is 0 Å². The van der Waals surface area contributed by atoms with Gasteiger partial charge < -0.3 is 27.4 Å². The van der Waals surface area contributed by atoms with Gasteiger partial charge in [-0.05, 0) is 0 Å². The van der Waals surface area contributed by atoms with Crippen LogP contribution in [0.4, 0.5) is 0 Å². The molecule has 0 aliphatic carbocycles. The maximum atomic E-state index is 4.27. The fourth-order valence-corrected chi connectivity index (χ4v) is 3.71. The van der Waals surface area contributed by atoms with Gasteiger partial charge in [0.05, 0.1) is 0 Å². The van der Waals surface area contributed by atoms with E-state index in [0.717, 1.165) is 41.5 Å². The van der Waals surface area contributed by atoms with Gasteiger partial charge in [0.25, 0.3) is 0 Å². The van der Waals surface area contributed by atoms with Gasteiger partial charge in [-0.2, -0.15) is 0 Å². The fourth-order valence-electron chi connectivity index (χ4n) is 3.71. The normalized spacial score (nSPS) is 10.2. The molecule has 0 aliphatic heterocycles. The van der Waals surface area contributed by atoms with Crippen LogP contribution in [0, 0.1) is 0 Å². The maximum absolute atomic E-state index is 4.27. The first-order chi connectivity index (χ1) is 18.4. The zero-order valence-electron chi connectivity index (χ0n) is 22.6. The van der Waals surface area contributed by atoms with Crippen LogP contribution in [0.5, 0.6) is 0 Å². The van der Waals surface area contributed by atoms with Crippen molar-refractivity contribution in [3.63, 3.8) is 0 Å². The minimum Gasteiger partial charge on any atom is -0.331 e. The standard InChI is InChI=1S/C10H12N4.2C8H10N4.Os/c1-3-6-14-8-5-12-10(14)9-11-4-7-13(9)2;2*1-11-5-3-9-7(11)8-10-4-6-12(8)2;/h3-5,7-8H,1,6H2,2H3;2*3-6H,1-2H3;. The number of aromatic nitrogens is 12. The van der Waals surface area contributed by atoms with E-state index in [0.29, 0.717) is 0 Å². The molecule has 39 heavy (non-hydrogen) atoms. The summed E-state index contributed by atoms with van der Waals surface area (Å²) < 4.78 is 11.7. The summed E-state index contributed by atoms with van der Waals surface area (Å²) in [5, 5.41) is 0. The molecule has 6 aromatic heterocycles. The van der Waals surface area contributed by atoms with Crippen LogP contribution >= 0.6 is 0 Å². The van der Waals surface area contributed by atoms with Crippen LogP contribution in [0.3, 0.4) is 0 Å². The first kappa shape index (κ1) is 29.2. The smallest absolute Gasteiger partial charge is 0.176 e. The zero-order chi connectivity index (χ0) is 27.1. The van der Waals surface area contributed by atoms with Crippen molar-refractivity contribution in [2.45, 2.75) is 6.54 Å². The summed E-state index contributed by atoms with van der Waals surface area (Å²) in [6, 6.07) is 0. The molecule has 6 aromatic rings. The van der Waals surface area contributed by atoms with Crippen LogP contribution in [-0.4, -0.2) is 57.3 Å². The minimum atomic E-state index is 0. The predicted molar refractivity (Wildman–Crippen MR) is 145 cm³/mol. The molecule has 0 saturated heterocycles. The van der Waals surface area contributed by atoms with Crippen LogP contribution in [0.15, 0.2) is 87.0 Å². The molecule has 13 heteroatoms. The van der Waals surface area contributed by atoms with Crippen molar-refractivity contribution < 1.29 is 19.8 Å². The number of nitrogens with zero attached hydrogens (tertiary/aromatic N) is 12. The summed E-state index contributed by atoms with van der Waals surface area (Å²) in [5.41, 5.74) is 0. The van der Waals surface area contributed by atoms with Crippen molar-refractivity contribution in [2.24, 2.45) is 35.2 Å². The van der Waals surface area contributed by atoms with E-state index in [-0.39, 0.29) is 19.8 Å². The van der Waals surface area contributed by atoms with Crippen LogP contribution < -0.4 is 0 Å². The van der Waals surface area contributed by atoms with Crippen molar-refractivity contribution in [1.29, 1.82) is 0 Å². The Morgan fingerprint density at radius 1 is 0.487 bits per heavy atom. The van der Waals surface area contributed by atoms with Gasteiger partial charge >= 0.3 is 0 Å². The Hall–Kier alpha value is -4.36. The Bertz CT molecular complexity index is 1440. The van der Waals surface area contributed by atoms with Gasteiger partial charge in [-0.1, -0.05) is 6.08 Å². The summed E-state index contributed by atoms with van der Waals surface area (Å²) in [4.78, 5) is 25.3. The van der Waals surface area contributed by atoms with E-state index in [4.69, 9.17) is 0 Å². The van der Waals surface area contributed by atoms with Crippen molar-refractivity contribution in [3.8, 4) is 34.9 Å². The van der Waals surface area contributed by atoms with Gasteiger partial charge in [0.2, 0.25) is 0 Å². The topological polar surface area (TPSA) is 107 Å². The Balaban J connectivity index is 0.000000160. The number of imidazole rings is 6. The Morgan fingerprint density at radius 3 is 1.00 bits per heavy atom. The van der Waals surface area contributed by atoms with Gasteiger partial charge in [-0.25, -0.2) is 29.9 Å². The average Bonchev–Trinajstić information content (AvgIpc) is 3.72. The van der Waals surface area contributed by atoms with Crippen LogP contribution in [0.25, 0.3) is 34.9 Å². The second-order valence-corrected chi connectivity index (χ2v) is 8.50. The molecule has 12 nitrogen and oxygen atoms in total. The molecule has 0 amide bonds. The maximum Gasteiger partial charge on any atom is 0.176 e. The van der Waals surface area contributed by atoms with E-state index in [1.165, 1.54) is 0 Å². The van der Waals surface area contributed by atoms with Gasteiger partial charge in [0.15, 0.2) is 34.9 Å². The molecular formula is C26H32N12Os. The average molecular weight is 703 g/mol. The van der Waals surface area contributed by atoms with E-state index in [9.17, 15) is 0 Å². The van der Waals surface area contributed by atoms with E-state index in [1.54, 1.807) is 37.2 Å². The van der Waals surface area contributed by atoms with Crippen LogP contribution in [0.2, 0.25) is 0 Å². The summed E-state index contributed by atoms with van der Waals surface area (Å²) in [5.74, 6) is 5.31. The third-order valence-electron chi connectivity index (χ3n) is 5.75. The molecule has 204 valence electrons. The Kier molecular flexibility index (Phi) is 10.1. The molecule has 0 bridgehead atoms. The summed E-state index contributed by atoms with van der Waals surface area (Å²) in [6.45, 7) is 4.46. The molecule has 6 heterocycles. The molecular weight excluding hydrogens is 671 g/mol. The molecule has 0 aliphatic rings. The molecule has 0 spiro atoms. The summed E-state index contributed by atoms with van der Waals surface area (Å²) in [6.07, 6.45) is 23.9. The largest absolute Gasteiger partial charge is 0.331 e. The molecule has 0 fully saturated rings. The monoisotopic (exact) mass is 704 g/mol. The fraction of sp³-hybridized carbons (Fsp3) is 0.231. The number of hydrogen-bond acceptors (Lipinski definition) is 6. The first-order valence-electron chi connectivity index (χ1n) is 11.9. The molecule has 6 rings (SSSR count). The van der Waals surface area contributed by atoms with Crippen molar-refractivity contribution >= 4 is 0 Å². The first-order valence-corrected chi connectivity index (χ1v) is 11.9. The second-order valence-electron chi connectivity index (χ2n) is 8.50. The van der Waals surface area contributed by atoms with Crippen LogP contribution in [-0.2, 0) is 61.6 Å². The third-order valence-corrected chi connectivity index (χ3v) is 5.75. The zero-order valence-corrected chi connectivity index (χ0v) is 25.2. The quantitative estimate of drug-likeness (QED) is 0.256. The van der Waals surface area contributed by atoms with Gasteiger partial charge in [-0.3, -0.25) is 0 Å². The summed E-state index contributed by atoms with van der Waals surface area (Å²) in [7, 11) is 9.78. The number of allylic oxidation sites excluding steroid dienone is 1. The predicted octanol–water partition coefficient (Wildman–Crippen LogP) is 3.11. The van der Waals surface area contributed by atoms with Crippen molar-refractivity contribution in [1.82, 2.24) is 57.3 Å². The van der Waals surface area contributed by atoms with Gasteiger partial charge in [-0.15, -0.1) is 6.58 Å². The molecule has 0 saturated carbocycles. The number of rotatable bonds is 5. The molecule has 0 atom stereocenters. The van der Waals surface area contributed by atoms with E-state index in [2.05, 4.69) is 36.5 Å². The second kappa shape index (κ2) is 13.4.